The van der Waals surface area contributed by atoms with Gasteiger partial charge in [0, 0.05) is 10.6 Å². The molecule has 9 nitrogen and oxygen atoms in total. The van der Waals surface area contributed by atoms with Crippen LogP contribution in [0, 0.1) is 5.92 Å². The standard InChI is InChI=1S/C25H29N7O2S/c1-3-34-25(33)19-6-4-5-7-22(19)32-24(29-30-31-32)23(16-8-11-18(35-2)12-9-16)28-17-10-13-20-21(14-17)27-15-26-20/h8-15,19,22-23,28H,3-7H2,1-2H3,(H,26,27). The molecule has 0 radical (unpaired) electrons. The topological polar surface area (TPSA) is 111 Å². The first-order chi connectivity index (χ1) is 17.2. The van der Waals surface area contributed by atoms with Gasteiger partial charge in [-0.25, -0.2) is 9.67 Å². The summed E-state index contributed by atoms with van der Waals surface area (Å²) in [5, 5.41) is 16.5. The van der Waals surface area contributed by atoms with E-state index < -0.39 is 0 Å². The van der Waals surface area contributed by atoms with Gasteiger partial charge in [0.1, 0.15) is 6.04 Å². The lowest BCUT2D eigenvalue weighted by Gasteiger charge is -2.31. The number of aromatic nitrogens is 6. The molecule has 2 N–H and O–H groups in total. The Balaban J connectivity index is 1.53. The van der Waals surface area contributed by atoms with Crippen LogP contribution in [0.5, 0.6) is 0 Å². The van der Waals surface area contributed by atoms with E-state index in [2.05, 4.69) is 61.3 Å². The summed E-state index contributed by atoms with van der Waals surface area (Å²) >= 11 is 1.70. The summed E-state index contributed by atoms with van der Waals surface area (Å²) in [5.74, 6) is 0.243. The molecule has 0 spiro atoms. The smallest absolute Gasteiger partial charge is 0.311 e. The number of nitrogens with one attached hydrogen (secondary N) is 2. The zero-order chi connectivity index (χ0) is 24.2. The average Bonchev–Trinajstić information content (AvgIpc) is 3.57. The van der Waals surface area contributed by atoms with Crippen molar-refractivity contribution >= 4 is 34.5 Å². The van der Waals surface area contributed by atoms with Gasteiger partial charge in [-0.2, -0.15) is 0 Å². The van der Waals surface area contributed by atoms with Crippen molar-refractivity contribution in [2.45, 2.75) is 49.6 Å². The number of H-pyrrole nitrogens is 1. The van der Waals surface area contributed by atoms with Gasteiger partial charge in [0.15, 0.2) is 5.82 Å². The van der Waals surface area contributed by atoms with Crippen LogP contribution in [-0.2, 0) is 9.53 Å². The van der Waals surface area contributed by atoms with Crippen LogP contribution >= 0.6 is 11.8 Å². The van der Waals surface area contributed by atoms with Crippen molar-refractivity contribution in [3.05, 3.63) is 60.2 Å². The first-order valence-corrected chi connectivity index (χ1v) is 13.2. The molecule has 5 rings (SSSR count). The molecule has 1 saturated carbocycles. The summed E-state index contributed by atoms with van der Waals surface area (Å²) in [5.41, 5.74) is 3.79. The minimum Gasteiger partial charge on any atom is -0.466 e. The Morgan fingerprint density at radius 3 is 2.86 bits per heavy atom. The number of fused-ring (bicyclic) bond motifs is 1. The molecule has 3 atom stereocenters. The van der Waals surface area contributed by atoms with E-state index in [1.54, 1.807) is 18.1 Å². The number of hydrogen-bond acceptors (Lipinski definition) is 8. The highest BCUT2D eigenvalue weighted by atomic mass is 32.2. The maximum atomic E-state index is 12.8. The number of carbonyl (C=O) groups excluding carboxylic acids is 1. The van der Waals surface area contributed by atoms with Crippen LogP contribution in [-0.4, -0.2) is 49.0 Å². The van der Waals surface area contributed by atoms with E-state index in [-0.39, 0.29) is 24.0 Å². The molecule has 2 aromatic heterocycles. The van der Waals surface area contributed by atoms with E-state index in [1.807, 2.05) is 29.8 Å². The first kappa shape index (κ1) is 23.3. The highest BCUT2D eigenvalue weighted by Gasteiger charge is 2.37. The number of tetrazole rings is 1. The monoisotopic (exact) mass is 491 g/mol. The molecule has 4 aromatic rings. The van der Waals surface area contributed by atoms with Crippen LogP contribution in [0.15, 0.2) is 53.7 Å². The lowest BCUT2D eigenvalue weighted by atomic mass is 9.84. The SMILES string of the molecule is CCOC(=O)C1CCCCC1n1nnnc1C(Nc1ccc2[nH]cnc2c1)c1ccc(SC)cc1. The fourth-order valence-corrected chi connectivity index (χ4v) is 5.24. The summed E-state index contributed by atoms with van der Waals surface area (Å²) in [6.07, 6.45) is 7.38. The third kappa shape index (κ3) is 4.88. The van der Waals surface area contributed by atoms with Crippen molar-refractivity contribution in [3.8, 4) is 0 Å². The van der Waals surface area contributed by atoms with E-state index in [0.29, 0.717) is 12.4 Å². The normalized spacial score (nSPS) is 18.9. The number of benzene rings is 2. The molecule has 2 aromatic carbocycles. The van der Waals surface area contributed by atoms with Crippen molar-refractivity contribution in [1.82, 2.24) is 30.2 Å². The van der Waals surface area contributed by atoms with Crippen molar-refractivity contribution in [3.63, 3.8) is 0 Å². The predicted octanol–water partition coefficient (Wildman–Crippen LogP) is 4.77. The maximum Gasteiger partial charge on any atom is 0.311 e. The van der Waals surface area contributed by atoms with Gasteiger partial charge in [-0.05, 0) is 72.3 Å². The van der Waals surface area contributed by atoms with Crippen molar-refractivity contribution in [2.75, 3.05) is 18.2 Å². The van der Waals surface area contributed by atoms with E-state index in [4.69, 9.17) is 4.74 Å². The summed E-state index contributed by atoms with van der Waals surface area (Å²) in [7, 11) is 0. The zero-order valence-corrected chi connectivity index (χ0v) is 20.7. The number of carbonyl (C=O) groups is 1. The van der Waals surface area contributed by atoms with Gasteiger partial charge in [-0.3, -0.25) is 4.79 Å². The van der Waals surface area contributed by atoms with Crippen LogP contribution in [0.25, 0.3) is 11.0 Å². The van der Waals surface area contributed by atoms with Gasteiger partial charge < -0.3 is 15.0 Å². The summed E-state index contributed by atoms with van der Waals surface area (Å²) < 4.78 is 7.24. The minimum atomic E-state index is -0.318. The van der Waals surface area contributed by atoms with Gasteiger partial charge in [0.25, 0.3) is 0 Å². The third-order valence-electron chi connectivity index (χ3n) is 6.59. The highest BCUT2D eigenvalue weighted by Crippen LogP contribution is 2.37. The molecule has 1 aliphatic rings. The number of aromatic amines is 1. The van der Waals surface area contributed by atoms with E-state index in [9.17, 15) is 4.79 Å². The number of rotatable bonds is 8. The van der Waals surface area contributed by atoms with Gasteiger partial charge in [0.2, 0.25) is 0 Å². The Bertz CT molecular complexity index is 1290. The van der Waals surface area contributed by atoms with Gasteiger partial charge >= 0.3 is 5.97 Å². The van der Waals surface area contributed by atoms with Crippen LogP contribution in [0.3, 0.4) is 0 Å². The lowest BCUT2D eigenvalue weighted by Crippen LogP contribution is -2.33. The number of anilines is 1. The van der Waals surface area contributed by atoms with E-state index in [0.717, 1.165) is 48.0 Å². The maximum absolute atomic E-state index is 12.8. The number of ether oxygens (including phenoxy) is 1. The van der Waals surface area contributed by atoms with Crippen molar-refractivity contribution in [2.24, 2.45) is 5.92 Å². The Hall–Kier alpha value is -3.40. The summed E-state index contributed by atoms with van der Waals surface area (Å²) in [6.45, 7) is 2.21. The molecule has 0 bridgehead atoms. The minimum absolute atomic E-state index is 0.142. The zero-order valence-electron chi connectivity index (χ0n) is 19.8. The van der Waals surface area contributed by atoms with Gasteiger partial charge in [-0.1, -0.05) is 25.0 Å². The van der Waals surface area contributed by atoms with E-state index in [1.165, 1.54) is 4.90 Å². The number of thioether (sulfide) groups is 1. The van der Waals surface area contributed by atoms with Gasteiger partial charge in [-0.15, -0.1) is 16.9 Å². The highest BCUT2D eigenvalue weighted by molar-refractivity contribution is 7.98. The Morgan fingerprint density at radius 1 is 1.23 bits per heavy atom. The second-order valence-corrected chi connectivity index (χ2v) is 9.56. The molecule has 10 heteroatoms. The first-order valence-electron chi connectivity index (χ1n) is 12.0. The van der Waals surface area contributed by atoms with Gasteiger partial charge in [0.05, 0.1) is 35.9 Å². The van der Waals surface area contributed by atoms with Crippen LogP contribution in [0.4, 0.5) is 5.69 Å². The molecule has 3 unspecified atom stereocenters. The molecule has 2 heterocycles. The summed E-state index contributed by atoms with van der Waals surface area (Å²) in [4.78, 5) is 21.5. The average molecular weight is 492 g/mol. The summed E-state index contributed by atoms with van der Waals surface area (Å²) in [6, 6.07) is 13.9. The quantitative estimate of drug-likeness (QED) is 0.268. The third-order valence-corrected chi connectivity index (χ3v) is 7.33. The number of esters is 1. The molecule has 0 saturated heterocycles. The van der Waals surface area contributed by atoms with E-state index >= 15 is 0 Å². The van der Waals surface area contributed by atoms with Crippen LogP contribution in [0.2, 0.25) is 0 Å². The molecular formula is C25H29N7O2S. The molecule has 1 fully saturated rings. The Morgan fingerprint density at radius 2 is 2.06 bits per heavy atom. The number of imidazole rings is 1. The van der Waals surface area contributed by atoms with Crippen LogP contribution < -0.4 is 5.32 Å². The van der Waals surface area contributed by atoms with Crippen molar-refractivity contribution < 1.29 is 9.53 Å². The fourth-order valence-electron chi connectivity index (χ4n) is 4.84. The largest absolute Gasteiger partial charge is 0.466 e. The molecule has 35 heavy (non-hydrogen) atoms. The Labute approximate surface area is 208 Å². The molecule has 0 amide bonds. The second kappa shape index (κ2) is 10.5. The molecular weight excluding hydrogens is 462 g/mol. The molecule has 182 valence electrons. The Kier molecular flexibility index (Phi) is 6.98. The number of nitrogens with zero attached hydrogens (tertiary/aromatic N) is 5. The molecule has 1 aliphatic carbocycles. The number of hydrogen-bond donors (Lipinski definition) is 2. The lowest BCUT2D eigenvalue weighted by molar-refractivity contribution is -0.151. The van der Waals surface area contributed by atoms with Crippen molar-refractivity contribution in [1.29, 1.82) is 0 Å². The van der Waals surface area contributed by atoms with Crippen LogP contribution in [0.1, 0.15) is 56.1 Å². The second-order valence-electron chi connectivity index (χ2n) is 8.68. The predicted molar refractivity (Wildman–Crippen MR) is 135 cm³/mol. The molecule has 0 aliphatic heterocycles. The fraction of sp³-hybridized carbons (Fsp3) is 0.400.